The summed E-state index contributed by atoms with van der Waals surface area (Å²) in [4.78, 5) is 12.0. The van der Waals surface area contributed by atoms with Crippen LogP contribution in [0.25, 0.3) is 0 Å². The van der Waals surface area contributed by atoms with E-state index in [0.29, 0.717) is 0 Å². The van der Waals surface area contributed by atoms with Crippen LogP contribution in [0.1, 0.15) is 27.2 Å². The third kappa shape index (κ3) is 3.58. The molecule has 1 N–H and O–H groups in total. The second-order valence-electron chi connectivity index (χ2n) is 5.49. The Kier molecular flexibility index (Phi) is 4.14. The van der Waals surface area contributed by atoms with Gasteiger partial charge >= 0.3 is 6.18 Å². The second-order valence-corrected chi connectivity index (χ2v) is 6.05. The summed E-state index contributed by atoms with van der Waals surface area (Å²) in [6.45, 7) is 4.96. The second kappa shape index (κ2) is 4.76. The number of nitrogens with one attached hydrogen (secondary N) is 1. The van der Waals surface area contributed by atoms with E-state index in [1.807, 2.05) is 0 Å². The van der Waals surface area contributed by atoms with E-state index in [4.69, 9.17) is 11.6 Å². The lowest BCUT2D eigenvalue weighted by Gasteiger charge is -2.36. The predicted octanol–water partition coefficient (Wildman–Crippen LogP) is 2.75. The van der Waals surface area contributed by atoms with Gasteiger partial charge in [-0.1, -0.05) is 20.8 Å². The molecule has 100 valence electrons. The highest BCUT2D eigenvalue weighted by Crippen LogP contribution is 2.35. The fourth-order valence-electron chi connectivity index (χ4n) is 1.86. The van der Waals surface area contributed by atoms with Gasteiger partial charge < -0.3 is 5.32 Å². The van der Waals surface area contributed by atoms with Crippen molar-refractivity contribution in [2.45, 2.75) is 44.8 Å². The summed E-state index contributed by atoms with van der Waals surface area (Å²) < 4.78 is 37.5. The number of carbonyl (C=O) groups is 1. The molecular formula is C11H17ClF3NO. The summed E-state index contributed by atoms with van der Waals surface area (Å²) in [5.74, 6) is -1.60. The number of halogens is 4. The van der Waals surface area contributed by atoms with Crippen LogP contribution in [0.5, 0.6) is 0 Å². The standard InChI is InChI=1S/C11H17ClF3NO/c1-10(2,3)9(17)8-7(12)4-6(5-16-8)11(13,14)15/h6-8,16H,4-5H2,1-3H3. The highest BCUT2D eigenvalue weighted by atomic mass is 35.5. The number of carbonyl (C=O) groups excluding carboxylic acids is 1. The van der Waals surface area contributed by atoms with Gasteiger partial charge in [-0.05, 0) is 6.42 Å². The quantitative estimate of drug-likeness (QED) is 0.743. The molecule has 0 spiro atoms. The van der Waals surface area contributed by atoms with E-state index in [-0.39, 0.29) is 18.7 Å². The van der Waals surface area contributed by atoms with Crippen molar-refractivity contribution < 1.29 is 18.0 Å². The zero-order valence-corrected chi connectivity index (χ0v) is 10.8. The highest BCUT2D eigenvalue weighted by Gasteiger charge is 2.47. The first-order valence-electron chi connectivity index (χ1n) is 5.52. The number of hydrogen-bond donors (Lipinski definition) is 1. The smallest absolute Gasteiger partial charge is 0.306 e. The molecule has 1 aliphatic heterocycles. The Morgan fingerprint density at radius 2 is 1.82 bits per heavy atom. The number of ketones is 1. The third-order valence-corrected chi connectivity index (χ3v) is 3.37. The van der Waals surface area contributed by atoms with Crippen molar-refractivity contribution in [2.75, 3.05) is 6.54 Å². The Hall–Kier alpha value is -0.290. The van der Waals surface area contributed by atoms with Gasteiger partial charge in [0.25, 0.3) is 0 Å². The summed E-state index contributed by atoms with van der Waals surface area (Å²) in [6, 6.07) is -0.685. The van der Waals surface area contributed by atoms with E-state index in [1.165, 1.54) is 0 Å². The molecule has 0 amide bonds. The normalized spacial score (nSPS) is 31.4. The Morgan fingerprint density at radius 1 is 1.29 bits per heavy atom. The molecule has 0 aliphatic carbocycles. The zero-order chi connectivity index (χ0) is 13.4. The van der Waals surface area contributed by atoms with Gasteiger partial charge in [-0.2, -0.15) is 13.2 Å². The lowest BCUT2D eigenvalue weighted by atomic mass is 9.81. The Labute approximate surface area is 104 Å². The average molecular weight is 272 g/mol. The van der Waals surface area contributed by atoms with Crippen LogP contribution in [0.4, 0.5) is 13.2 Å². The van der Waals surface area contributed by atoms with Crippen LogP contribution in [0, 0.1) is 11.3 Å². The van der Waals surface area contributed by atoms with Crippen LogP contribution in [-0.4, -0.2) is 29.9 Å². The van der Waals surface area contributed by atoms with Crippen molar-refractivity contribution in [3.8, 4) is 0 Å². The van der Waals surface area contributed by atoms with Gasteiger partial charge in [-0.15, -0.1) is 11.6 Å². The summed E-state index contributed by atoms with van der Waals surface area (Å²) in [5, 5.41) is 1.83. The molecule has 0 aromatic rings. The van der Waals surface area contributed by atoms with Crippen molar-refractivity contribution in [1.29, 1.82) is 0 Å². The lowest BCUT2D eigenvalue weighted by molar-refractivity contribution is -0.180. The number of hydrogen-bond acceptors (Lipinski definition) is 2. The minimum atomic E-state index is -4.25. The molecule has 0 aromatic heterocycles. The molecular weight excluding hydrogens is 255 g/mol. The molecule has 0 saturated carbocycles. The van der Waals surface area contributed by atoms with Gasteiger partial charge in [0.2, 0.25) is 0 Å². The van der Waals surface area contributed by atoms with Gasteiger partial charge in [-0.3, -0.25) is 4.79 Å². The Balaban J connectivity index is 2.70. The van der Waals surface area contributed by atoms with Gasteiger partial charge in [0.05, 0.1) is 17.3 Å². The third-order valence-electron chi connectivity index (χ3n) is 2.94. The average Bonchev–Trinajstić information content (AvgIpc) is 2.13. The van der Waals surface area contributed by atoms with E-state index >= 15 is 0 Å². The number of alkyl halides is 4. The van der Waals surface area contributed by atoms with Gasteiger partial charge in [0, 0.05) is 12.0 Å². The maximum Gasteiger partial charge on any atom is 0.393 e. The zero-order valence-electron chi connectivity index (χ0n) is 10.1. The number of piperidine rings is 1. The van der Waals surface area contributed by atoms with Crippen LogP contribution >= 0.6 is 11.6 Å². The summed E-state index contributed by atoms with van der Waals surface area (Å²) in [7, 11) is 0. The summed E-state index contributed by atoms with van der Waals surface area (Å²) in [5.41, 5.74) is -0.601. The fourth-order valence-corrected chi connectivity index (χ4v) is 2.28. The number of Topliss-reactive ketones (excluding diaryl/α,β-unsaturated/α-hetero) is 1. The molecule has 0 aromatic carbocycles. The largest absolute Gasteiger partial charge is 0.393 e. The van der Waals surface area contributed by atoms with Crippen LogP contribution in [0.15, 0.2) is 0 Å². The first kappa shape index (κ1) is 14.8. The molecule has 0 bridgehead atoms. The van der Waals surface area contributed by atoms with Crippen molar-refractivity contribution >= 4 is 17.4 Å². The Morgan fingerprint density at radius 3 is 2.18 bits per heavy atom. The van der Waals surface area contributed by atoms with Gasteiger partial charge in [0.1, 0.15) is 0 Å². The van der Waals surface area contributed by atoms with Crippen molar-refractivity contribution in [2.24, 2.45) is 11.3 Å². The summed E-state index contributed by atoms with van der Waals surface area (Å²) in [6.07, 6.45) is -4.46. The fraction of sp³-hybridized carbons (Fsp3) is 0.909. The van der Waals surface area contributed by atoms with E-state index in [2.05, 4.69) is 5.32 Å². The van der Waals surface area contributed by atoms with E-state index in [0.717, 1.165) is 0 Å². The molecule has 6 heteroatoms. The number of rotatable bonds is 1. The molecule has 2 nitrogen and oxygen atoms in total. The SMILES string of the molecule is CC(C)(C)C(=O)C1NCC(C(F)(F)F)CC1Cl. The molecule has 1 saturated heterocycles. The highest BCUT2D eigenvalue weighted by molar-refractivity contribution is 6.23. The maximum absolute atomic E-state index is 12.5. The molecule has 3 unspecified atom stereocenters. The van der Waals surface area contributed by atoms with Gasteiger partial charge in [0.15, 0.2) is 5.78 Å². The maximum atomic E-state index is 12.5. The first-order valence-corrected chi connectivity index (χ1v) is 5.95. The molecule has 3 atom stereocenters. The van der Waals surface area contributed by atoms with Crippen LogP contribution < -0.4 is 5.32 Å². The first-order chi connectivity index (χ1) is 7.53. The van der Waals surface area contributed by atoms with Crippen LogP contribution in [-0.2, 0) is 4.79 Å². The van der Waals surface area contributed by atoms with E-state index in [9.17, 15) is 18.0 Å². The monoisotopic (exact) mass is 271 g/mol. The molecule has 1 fully saturated rings. The summed E-state index contributed by atoms with van der Waals surface area (Å²) >= 11 is 5.90. The topological polar surface area (TPSA) is 29.1 Å². The van der Waals surface area contributed by atoms with E-state index < -0.39 is 28.9 Å². The molecule has 1 rings (SSSR count). The lowest BCUT2D eigenvalue weighted by Crippen LogP contribution is -2.56. The predicted molar refractivity (Wildman–Crippen MR) is 60.1 cm³/mol. The molecule has 1 aliphatic rings. The minimum absolute atomic E-state index is 0.141. The van der Waals surface area contributed by atoms with E-state index in [1.54, 1.807) is 20.8 Å². The van der Waals surface area contributed by atoms with Crippen LogP contribution in [0.3, 0.4) is 0 Å². The molecule has 17 heavy (non-hydrogen) atoms. The molecule has 0 radical (unpaired) electrons. The van der Waals surface area contributed by atoms with Crippen molar-refractivity contribution in [3.05, 3.63) is 0 Å². The Bertz CT molecular complexity index is 298. The minimum Gasteiger partial charge on any atom is -0.306 e. The van der Waals surface area contributed by atoms with Gasteiger partial charge in [-0.25, -0.2) is 0 Å². The molecule has 1 heterocycles. The van der Waals surface area contributed by atoms with Crippen molar-refractivity contribution in [3.63, 3.8) is 0 Å². The van der Waals surface area contributed by atoms with Crippen LogP contribution in [0.2, 0.25) is 0 Å². The van der Waals surface area contributed by atoms with Crippen molar-refractivity contribution in [1.82, 2.24) is 5.32 Å².